The minimum Gasteiger partial charge on any atom is -0.453 e. The number of nitrogens with zero attached hydrogens (tertiary/aromatic N) is 2. The van der Waals surface area contributed by atoms with E-state index < -0.39 is 80.9 Å². The molecule has 4 rings (SSSR count). The molecule has 2 heterocycles. The van der Waals surface area contributed by atoms with Gasteiger partial charge in [0.15, 0.2) is 0 Å². The lowest BCUT2D eigenvalue weighted by atomic mass is 9.87. The molecule has 3 atom stereocenters. The Morgan fingerprint density at radius 2 is 1.64 bits per heavy atom. The summed E-state index contributed by atoms with van der Waals surface area (Å²) >= 11 is 0. The Balaban J connectivity index is 1.73. The van der Waals surface area contributed by atoms with Crippen molar-refractivity contribution in [3.8, 4) is 0 Å². The van der Waals surface area contributed by atoms with Gasteiger partial charge in [-0.25, -0.2) is 17.6 Å². The van der Waals surface area contributed by atoms with E-state index in [-0.39, 0.29) is 43.6 Å². The van der Waals surface area contributed by atoms with Gasteiger partial charge >= 0.3 is 18.4 Å². The van der Waals surface area contributed by atoms with E-state index in [0.29, 0.717) is 22.5 Å². The first-order valence-corrected chi connectivity index (χ1v) is 14.8. The van der Waals surface area contributed by atoms with Crippen LogP contribution in [0.5, 0.6) is 0 Å². The summed E-state index contributed by atoms with van der Waals surface area (Å²) in [4.78, 5) is 25.8. The maximum atomic E-state index is 13.9. The van der Waals surface area contributed by atoms with Gasteiger partial charge in [-0.1, -0.05) is 12.1 Å². The number of nitrogens with one attached hydrogen (secondary N) is 1. The number of methoxy groups -OCH3 is 1. The van der Waals surface area contributed by atoms with Crippen LogP contribution in [-0.4, -0.2) is 86.3 Å². The molecule has 0 aliphatic carbocycles. The highest BCUT2D eigenvalue weighted by molar-refractivity contribution is 7.92. The Bertz CT molecular complexity index is 1520. The third-order valence-corrected chi connectivity index (χ3v) is 9.71. The zero-order valence-corrected chi connectivity index (χ0v) is 24.2. The molecule has 248 valence electrons. The molecule has 2 amide bonds. The summed E-state index contributed by atoms with van der Waals surface area (Å²) in [6.07, 6.45) is -15.2. The predicted octanol–water partition coefficient (Wildman–Crippen LogP) is 3.36. The molecule has 0 spiro atoms. The Hall–Kier alpha value is -3.64. The molecule has 2 aliphatic heterocycles. The van der Waals surface area contributed by atoms with Gasteiger partial charge in [0, 0.05) is 25.1 Å². The predicted molar refractivity (Wildman–Crippen MR) is 142 cm³/mol. The topological polar surface area (TPSA) is 136 Å². The van der Waals surface area contributed by atoms with E-state index in [1.807, 2.05) is 0 Å². The summed E-state index contributed by atoms with van der Waals surface area (Å²) in [6, 6.07) is 2.81. The molecule has 2 aromatic carbocycles. The van der Waals surface area contributed by atoms with E-state index in [1.54, 1.807) is 0 Å². The summed E-state index contributed by atoms with van der Waals surface area (Å²) in [5.41, 5.74) is -7.45. The minimum atomic E-state index is -6.18. The second-order valence-corrected chi connectivity index (χ2v) is 12.5. The maximum absolute atomic E-state index is 13.9. The van der Waals surface area contributed by atoms with E-state index >= 15 is 0 Å². The number of rotatable bonds is 6. The quantitative estimate of drug-likeness (QED) is 0.401. The molecule has 0 aromatic heterocycles. The van der Waals surface area contributed by atoms with Crippen LogP contribution in [0, 0.1) is 5.82 Å². The van der Waals surface area contributed by atoms with Crippen molar-refractivity contribution in [2.24, 2.45) is 0 Å². The van der Waals surface area contributed by atoms with Crippen molar-refractivity contribution in [1.82, 2.24) is 10.2 Å². The van der Waals surface area contributed by atoms with E-state index in [9.17, 15) is 59.0 Å². The van der Waals surface area contributed by atoms with E-state index in [0.717, 1.165) is 31.4 Å². The smallest absolute Gasteiger partial charge is 0.430 e. The number of aliphatic hydroxyl groups is 2. The van der Waals surface area contributed by atoms with Gasteiger partial charge in [0.2, 0.25) is 5.91 Å². The van der Waals surface area contributed by atoms with E-state index in [2.05, 4.69) is 10.1 Å². The molecule has 0 saturated carbocycles. The molecular weight excluding hydrogens is 643 g/mol. The fourth-order valence-electron chi connectivity index (χ4n) is 5.43. The van der Waals surface area contributed by atoms with Gasteiger partial charge in [-0.2, -0.15) is 26.3 Å². The highest BCUT2D eigenvalue weighted by atomic mass is 32.2. The zero-order valence-electron chi connectivity index (χ0n) is 23.4. The number of fused-ring (bicyclic) bond motifs is 1. The Labute approximate surface area is 252 Å². The molecule has 10 nitrogen and oxygen atoms in total. The number of hydrogen-bond donors (Lipinski definition) is 3. The molecule has 1 fully saturated rings. The molecule has 0 radical (unpaired) electrons. The van der Waals surface area contributed by atoms with Crippen LogP contribution in [0.3, 0.4) is 0 Å². The fourth-order valence-corrected chi connectivity index (χ4v) is 7.15. The maximum Gasteiger partial charge on any atom is 0.430 e. The molecule has 2 aromatic rings. The number of aliphatic hydroxyl groups excluding tert-OH is 1. The third-order valence-electron chi connectivity index (χ3n) is 7.83. The van der Waals surface area contributed by atoms with Gasteiger partial charge in [-0.15, -0.1) is 0 Å². The monoisotopic (exact) mass is 671 g/mol. The average Bonchev–Trinajstić information content (AvgIpc) is 2.96. The molecule has 0 unspecified atom stereocenters. The van der Waals surface area contributed by atoms with Gasteiger partial charge in [0.05, 0.1) is 35.9 Å². The molecule has 3 N–H and O–H groups in total. The van der Waals surface area contributed by atoms with Crippen molar-refractivity contribution in [3.05, 3.63) is 59.4 Å². The van der Waals surface area contributed by atoms with Gasteiger partial charge in [0.1, 0.15) is 5.82 Å². The number of anilines is 1. The Morgan fingerprint density at radius 3 is 2.22 bits per heavy atom. The number of benzene rings is 2. The van der Waals surface area contributed by atoms with E-state index in [4.69, 9.17) is 0 Å². The Morgan fingerprint density at radius 1 is 1.02 bits per heavy atom. The normalized spacial score (nSPS) is 21.2. The van der Waals surface area contributed by atoms with Crippen molar-refractivity contribution in [3.63, 3.8) is 0 Å². The number of piperidine rings is 1. The molecule has 45 heavy (non-hydrogen) atoms. The molecule has 0 bridgehead atoms. The standard InChI is InChI=1S/C27H28F7N3O7S/c1-44-24(40)35-20-14-36(11-10-22(20)38)23(39)13-18-6-2-15-12-16(25(41,26(29,30)31)27(32,33)34)3-9-21(15)37(18)45(42,43)19-7-4-17(28)5-8-19/h3-5,7-9,12,18,20,22,38,41H,2,6,10-11,13-14H2,1H3,(H,35,40)/t18-,20+,22+/m0/s1. The summed E-state index contributed by atoms with van der Waals surface area (Å²) in [6.45, 7) is -0.135. The molecular formula is C27H28F7N3O7S. The van der Waals surface area contributed by atoms with Crippen LogP contribution in [-0.2, 0) is 31.6 Å². The number of alkyl carbamates (subject to hydrolysis) is 1. The van der Waals surface area contributed by atoms with Gasteiger partial charge in [-0.3, -0.25) is 9.10 Å². The van der Waals surface area contributed by atoms with Crippen LogP contribution in [0.25, 0.3) is 0 Å². The average molecular weight is 672 g/mol. The summed E-state index contributed by atoms with van der Waals surface area (Å²) in [7, 11) is -3.59. The van der Waals surface area contributed by atoms with Crippen LogP contribution in [0.4, 0.5) is 41.2 Å². The number of likely N-dealkylation sites (tertiary alicyclic amines) is 1. The first-order valence-electron chi connectivity index (χ1n) is 13.4. The third kappa shape index (κ3) is 6.53. The highest BCUT2D eigenvalue weighted by Gasteiger charge is 2.71. The highest BCUT2D eigenvalue weighted by Crippen LogP contribution is 2.51. The van der Waals surface area contributed by atoms with Crippen LogP contribution in [0.15, 0.2) is 47.4 Å². The van der Waals surface area contributed by atoms with Crippen molar-refractivity contribution in [2.75, 3.05) is 24.5 Å². The first-order chi connectivity index (χ1) is 20.8. The number of carbonyl (C=O) groups is 2. The summed E-state index contributed by atoms with van der Waals surface area (Å²) < 4.78 is 128. The van der Waals surface area contributed by atoms with Crippen molar-refractivity contribution >= 4 is 27.7 Å². The SMILES string of the molecule is COC(=O)N[C@@H]1CN(C(=O)C[C@@H]2CCc3cc(C(O)(C(F)(F)F)C(F)(F)F)ccc3N2S(=O)(=O)c2ccc(F)cc2)CC[C@H]1O. The minimum absolute atomic E-state index is 0.0319. The number of halogens is 7. The van der Waals surface area contributed by atoms with Gasteiger partial charge in [-0.05, 0) is 55.2 Å². The zero-order chi connectivity index (χ0) is 33.5. The number of sulfonamides is 1. The summed E-state index contributed by atoms with van der Waals surface area (Å²) in [5, 5.41) is 22.5. The lowest BCUT2D eigenvalue weighted by Gasteiger charge is -2.41. The number of carbonyl (C=O) groups excluding carboxylic acids is 2. The second kappa shape index (κ2) is 12.3. The van der Waals surface area contributed by atoms with Gasteiger partial charge < -0.3 is 25.2 Å². The second-order valence-electron chi connectivity index (χ2n) is 10.6. The number of hydrogen-bond acceptors (Lipinski definition) is 7. The van der Waals surface area contributed by atoms with E-state index in [1.165, 1.54) is 4.90 Å². The fraction of sp³-hybridized carbons (Fsp3) is 0.481. The van der Waals surface area contributed by atoms with Crippen molar-refractivity contribution < 1.29 is 63.7 Å². The Kier molecular flexibility index (Phi) is 9.34. The van der Waals surface area contributed by atoms with Crippen LogP contribution in [0.2, 0.25) is 0 Å². The van der Waals surface area contributed by atoms with Crippen LogP contribution >= 0.6 is 0 Å². The number of aryl methyl sites for hydroxylation is 1. The largest absolute Gasteiger partial charge is 0.453 e. The number of ether oxygens (including phenoxy) is 1. The molecule has 1 saturated heterocycles. The molecule has 18 heteroatoms. The first kappa shape index (κ1) is 34.2. The van der Waals surface area contributed by atoms with Crippen molar-refractivity contribution in [2.45, 2.75) is 66.7 Å². The number of alkyl halides is 6. The van der Waals surface area contributed by atoms with Crippen LogP contribution < -0.4 is 9.62 Å². The number of amides is 2. The summed E-state index contributed by atoms with van der Waals surface area (Å²) in [5.74, 6) is -1.41. The van der Waals surface area contributed by atoms with Crippen molar-refractivity contribution in [1.29, 1.82) is 0 Å². The lowest BCUT2D eigenvalue weighted by molar-refractivity contribution is -0.376. The van der Waals surface area contributed by atoms with Crippen LogP contribution in [0.1, 0.15) is 30.4 Å². The van der Waals surface area contributed by atoms with Gasteiger partial charge in [0.25, 0.3) is 15.6 Å². The lowest BCUT2D eigenvalue weighted by Crippen LogP contribution is -2.57. The molecule has 2 aliphatic rings.